The summed E-state index contributed by atoms with van der Waals surface area (Å²) in [7, 11) is 3.26. The Morgan fingerprint density at radius 1 is 1.14 bits per heavy atom. The van der Waals surface area contributed by atoms with Crippen molar-refractivity contribution < 1.29 is 14.3 Å². The largest absolute Gasteiger partial charge is 0.496 e. The molecule has 0 spiro atoms. The van der Waals surface area contributed by atoms with Crippen molar-refractivity contribution in [2.75, 3.05) is 14.2 Å². The van der Waals surface area contributed by atoms with E-state index in [0.717, 1.165) is 16.9 Å². The van der Waals surface area contributed by atoms with E-state index in [0.29, 0.717) is 13.2 Å². The molecule has 14 heavy (non-hydrogen) atoms. The number of nitrogens with two attached hydrogens (primary N) is 1. The van der Waals surface area contributed by atoms with Crippen LogP contribution in [-0.4, -0.2) is 14.2 Å². The highest BCUT2D eigenvalue weighted by atomic mass is 16.6. The molecule has 1 aromatic rings. The van der Waals surface area contributed by atoms with Crippen LogP contribution in [0.3, 0.4) is 0 Å². The highest BCUT2D eigenvalue weighted by Crippen LogP contribution is 2.24. The second-order valence-corrected chi connectivity index (χ2v) is 2.85. The van der Waals surface area contributed by atoms with E-state index in [2.05, 4.69) is 4.84 Å². The van der Waals surface area contributed by atoms with Crippen LogP contribution in [0.15, 0.2) is 18.2 Å². The molecule has 0 amide bonds. The van der Waals surface area contributed by atoms with Gasteiger partial charge in [-0.15, -0.1) is 0 Å². The van der Waals surface area contributed by atoms with Crippen LogP contribution in [-0.2, 0) is 22.8 Å². The van der Waals surface area contributed by atoms with Gasteiger partial charge in [0, 0.05) is 18.2 Å². The van der Waals surface area contributed by atoms with Crippen LogP contribution >= 0.6 is 0 Å². The van der Waals surface area contributed by atoms with Gasteiger partial charge in [-0.1, -0.05) is 18.2 Å². The summed E-state index contributed by atoms with van der Waals surface area (Å²) >= 11 is 0. The zero-order chi connectivity index (χ0) is 10.4. The molecule has 0 saturated carbocycles. The maximum absolute atomic E-state index is 5.27. The predicted molar refractivity (Wildman–Crippen MR) is 52.7 cm³/mol. The molecule has 0 aliphatic rings. The minimum absolute atomic E-state index is 0.334. The topological polar surface area (TPSA) is 53.7 Å². The Balaban J connectivity index is 2.98. The molecule has 1 aromatic carbocycles. The van der Waals surface area contributed by atoms with Gasteiger partial charge in [0.05, 0.1) is 20.3 Å². The summed E-state index contributed by atoms with van der Waals surface area (Å²) < 4.78 is 10.3. The summed E-state index contributed by atoms with van der Waals surface area (Å²) in [6.07, 6.45) is 0. The van der Waals surface area contributed by atoms with Gasteiger partial charge in [0.15, 0.2) is 0 Å². The average Bonchev–Trinajstić information content (AvgIpc) is 2.19. The fourth-order valence-corrected chi connectivity index (χ4v) is 1.37. The quantitative estimate of drug-likeness (QED) is 0.721. The number of rotatable bonds is 5. The molecule has 0 aliphatic heterocycles. The SMILES string of the molecule is COCc1cccc(CON)c1OC. The highest BCUT2D eigenvalue weighted by Gasteiger charge is 2.07. The van der Waals surface area contributed by atoms with Gasteiger partial charge in [0.25, 0.3) is 0 Å². The molecule has 0 heterocycles. The van der Waals surface area contributed by atoms with Crippen molar-refractivity contribution >= 4 is 0 Å². The first-order valence-corrected chi connectivity index (χ1v) is 4.28. The van der Waals surface area contributed by atoms with Crippen LogP contribution in [0.4, 0.5) is 0 Å². The van der Waals surface area contributed by atoms with E-state index >= 15 is 0 Å². The second kappa shape index (κ2) is 5.59. The molecule has 4 heteroatoms. The summed E-state index contributed by atoms with van der Waals surface area (Å²) in [5.74, 6) is 5.80. The van der Waals surface area contributed by atoms with Gasteiger partial charge in [-0.25, -0.2) is 5.90 Å². The molecule has 1 rings (SSSR count). The Hall–Kier alpha value is -1.10. The molecular formula is C10H15NO3. The summed E-state index contributed by atoms with van der Waals surface area (Å²) in [5.41, 5.74) is 1.91. The van der Waals surface area contributed by atoms with Crippen molar-refractivity contribution in [3.8, 4) is 5.75 Å². The molecule has 0 atom stereocenters. The van der Waals surface area contributed by atoms with Crippen LogP contribution < -0.4 is 10.6 Å². The van der Waals surface area contributed by atoms with Gasteiger partial charge in [0.2, 0.25) is 0 Å². The molecule has 0 bridgehead atoms. The number of hydrogen-bond acceptors (Lipinski definition) is 4. The van der Waals surface area contributed by atoms with E-state index in [9.17, 15) is 0 Å². The standard InChI is InChI=1S/C10H15NO3/c1-12-6-8-4-3-5-9(7-14-11)10(8)13-2/h3-5H,6-7,11H2,1-2H3. The number of para-hydroxylation sites is 1. The Labute approximate surface area is 83.5 Å². The molecule has 0 aromatic heterocycles. The third kappa shape index (κ3) is 2.45. The molecular weight excluding hydrogens is 182 g/mol. The van der Waals surface area contributed by atoms with Crippen LogP contribution in [0, 0.1) is 0 Å². The Kier molecular flexibility index (Phi) is 4.39. The van der Waals surface area contributed by atoms with Crippen LogP contribution in [0.25, 0.3) is 0 Å². The molecule has 0 saturated heterocycles. The van der Waals surface area contributed by atoms with Crippen molar-refractivity contribution in [1.29, 1.82) is 0 Å². The van der Waals surface area contributed by atoms with Crippen molar-refractivity contribution in [2.45, 2.75) is 13.2 Å². The van der Waals surface area contributed by atoms with E-state index in [1.807, 2.05) is 18.2 Å². The summed E-state index contributed by atoms with van der Waals surface area (Å²) in [6, 6.07) is 5.78. The van der Waals surface area contributed by atoms with E-state index in [1.165, 1.54) is 0 Å². The molecule has 78 valence electrons. The molecule has 4 nitrogen and oxygen atoms in total. The Morgan fingerprint density at radius 2 is 1.79 bits per heavy atom. The third-order valence-corrected chi connectivity index (χ3v) is 1.92. The molecule has 0 unspecified atom stereocenters. The monoisotopic (exact) mass is 197 g/mol. The van der Waals surface area contributed by atoms with E-state index in [-0.39, 0.29) is 0 Å². The Bertz CT molecular complexity index is 264. The van der Waals surface area contributed by atoms with E-state index < -0.39 is 0 Å². The van der Waals surface area contributed by atoms with Crippen molar-refractivity contribution in [1.82, 2.24) is 0 Å². The van der Waals surface area contributed by atoms with E-state index in [1.54, 1.807) is 14.2 Å². The van der Waals surface area contributed by atoms with Crippen LogP contribution in [0.1, 0.15) is 11.1 Å². The number of benzene rings is 1. The lowest BCUT2D eigenvalue weighted by molar-refractivity contribution is 0.121. The zero-order valence-electron chi connectivity index (χ0n) is 8.45. The summed E-state index contributed by atoms with van der Waals surface area (Å²) in [4.78, 5) is 4.58. The van der Waals surface area contributed by atoms with Crippen LogP contribution in [0.5, 0.6) is 5.75 Å². The molecule has 2 N–H and O–H groups in total. The van der Waals surface area contributed by atoms with Gasteiger partial charge >= 0.3 is 0 Å². The highest BCUT2D eigenvalue weighted by molar-refractivity contribution is 5.40. The molecule has 0 radical (unpaired) electrons. The van der Waals surface area contributed by atoms with Crippen LogP contribution in [0.2, 0.25) is 0 Å². The van der Waals surface area contributed by atoms with E-state index in [4.69, 9.17) is 15.4 Å². The van der Waals surface area contributed by atoms with Gasteiger partial charge in [-0.3, -0.25) is 4.84 Å². The zero-order valence-corrected chi connectivity index (χ0v) is 8.45. The minimum atomic E-state index is 0.334. The number of hydrogen-bond donors (Lipinski definition) is 1. The van der Waals surface area contributed by atoms with Gasteiger partial charge in [-0.05, 0) is 0 Å². The predicted octanol–water partition coefficient (Wildman–Crippen LogP) is 1.23. The molecule has 0 aliphatic carbocycles. The smallest absolute Gasteiger partial charge is 0.129 e. The number of ether oxygens (including phenoxy) is 2. The maximum Gasteiger partial charge on any atom is 0.129 e. The van der Waals surface area contributed by atoms with Crippen molar-refractivity contribution in [2.24, 2.45) is 5.90 Å². The Morgan fingerprint density at radius 3 is 2.29 bits per heavy atom. The second-order valence-electron chi connectivity index (χ2n) is 2.85. The maximum atomic E-state index is 5.27. The lowest BCUT2D eigenvalue weighted by atomic mass is 10.1. The lowest BCUT2D eigenvalue weighted by Crippen LogP contribution is -2.03. The lowest BCUT2D eigenvalue weighted by Gasteiger charge is -2.11. The summed E-state index contributed by atoms with van der Waals surface area (Å²) in [5, 5.41) is 0. The summed E-state index contributed by atoms with van der Waals surface area (Å²) in [6.45, 7) is 0.850. The normalized spacial score (nSPS) is 10.2. The van der Waals surface area contributed by atoms with Gasteiger partial charge < -0.3 is 9.47 Å². The fourth-order valence-electron chi connectivity index (χ4n) is 1.37. The van der Waals surface area contributed by atoms with Gasteiger partial charge in [0.1, 0.15) is 5.75 Å². The first kappa shape index (κ1) is 11.0. The van der Waals surface area contributed by atoms with Crippen molar-refractivity contribution in [3.63, 3.8) is 0 Å². The number of methoxy groups -OCH3 is 2. The minimum Gasteiger partial charge on any atom is -0.496 e. The van der Waals surface area contributed by atoms with Crippen molar-refractivity contribution in [3.05, 3.63) is 29.3 Å². The third-order valence-electron chi connectivity index (χ3n) is 1.92. The van der Waals surface area contributed by atoms with Gasteiger partial charge in [-0.2, -0.15) is 0 Å². The first-order chi connectivity index (χ1) is 6.83. The molecule has 0 fully saturated rings. The average molecular weight is 197 g/mol. The first-order valence-electron chi connectivity index (χ1n) is 4.28. The fraction of sp³-hybridized carbons (Fsp3) is 0.400.